The van der Waals surface area contributed by atoms with E-state index in [-0.39, 0.29) is 11.8 Å². The lowest BCUT2D eigenvalue weighted by molar-refractivity contribution is 0.371. The number of aromatic hydroxyl groups is 1. The van der Waals surface area contributed by atoms with Gasteiger partial charge in [-0.25, -0.2) is 0 Å². The number of methoxy groups -OCH3 is 1. The first-order valence-electron chi connectivity index (χ1n) is 6.87. The van der Waals surface area contributed by atoms with Gasteiger partial charge in [-0.15, -0.1) is 0 Å². The van der Waals surface area contributed by atoms with Crippen molar-refractivity contribution in [2.75, 3.05) is 7.11 Å². The number of phenols is 1. The Hall–Kier alpha value is -1.52. The SMILES string of the molecule is COc1cc(CN[C@H](C)c2ccccc2C)cc(Br)c1O. The molecule has 0 fully saturated rings. The standard InChI is InChI=1S/C17H20BrNO2/c1-11-6-4-5-7-14(11)12(2)19-10-13-8-15(18)17(20)16(9-13)21-3/h4-9,12,19-20H,10H2,1-3H3/t12-/m1/s1. The zero-order valence-corrected chi connectivity index (χ0v) is 14.1. The lowest BCUT2D eigenvalue weighted by Gasteiger charge is -2.17. The molecule has 1 atom stereocenters. The number of ether oxygens (including phenoxy) is 1. The van der Waals surface area contributed by atoms with Crippen LogP contribution in [0, 0.1) is 6.92 Å². The smallest absolute Gasteiger partial charge is 0.172 e. The maximum atomic E-state index is 9.82. The zero-order valence-electron chi connectivity index (χ0n) is 12.5. The fraction of sp³-hybridized carbons (Fsp3) is 0.294. The van der Waals surface area contributed by atoms with Gasteiger partial charge in [-0.1, -0.05) is 24.3 Å². The molecular formula is C17H20BrNO2. The van der Waals surface area contributed by atoms with Crippen LogP contribution in [0.3, 0.4) is 0 Å². The van der Waals surface area contributed by atoms with Crippen LogP contribution in [0.4, 0.5) is 0 Å². The topological polar surface area (TPSA) is 41.5 Å². The van der Waals surface area contributed by atoms with E-state index in [2.05, 4.69) is 53.3 Å². The minimum atomic E-state index is 0.133. The second-order valence-electron chi connectivity index (χ2n) is 5.09. The quantitative estimate of drug-likeness (QED) is 0.844. The first-order valence-corrected chi connectivity index (χ1v) is 7.66. The van der Waals surface area contributed by atoms with Gasteiger partial charge in [0.2, 0.25) is 0 Å². The van der Waals surface area contributed by atoms with E-state index < -0.39 is 0 Å². The molecule has 0 radical (unpaired) electrons. The molecule has 0 saturated heterocycles. The summed E-state index contributed by atoms with van der Waals surface area (Å²) in [5.41, 5.74) is 3.63. The first-order chi connectivity index (χ1) is 10.0. The van der Waals surface area contributed by atoms with Gasteiger partial charge in [0.25, 0.3) is 0 Å². The predicted molar refractivity (Wildman–Crippen MR) is 88.8 cm³/mol. The van der Waals surface area contributed by atoms with Crippen LogP contribution in [-0.2, 0) is 6.54 Å². The molecule has 0 amide bonds. The minimum Gasteiger partial charge on any atom is -0.503 e. The monoisotopic (exact) mass is 349 g/mol. The number of nitrogens with one attached hydrogen (secondary N) is 1. The van der Waals surface area contributed by atoms with E-state index in [0.717, 1.165) is 5.56 Å². The van der Waals surface area contributed by atoms with Gasteiger partial charge in [-0.3, -0.25) is 0 Å². The molecule has 3 nitrogen and oxygen atoms in total. The molecule has 0 aromatic heterocycles. The number of rotatable bonds is 5. The van der Waals surface area contributed by atoms with Crippen molar-refractivity contribution < 1.29 is 9.84 Å². The molecule has 0 aliphatic carbocycles. The Morgan fingerprint density at radius 1 is 1.29 bits per heavy atom. The molecule has 21 heavy (non-hydrogen) atoms. The van der Waals surface area contributed by atoms with Crippen molar-refractivity contribution in [3.05, 3.63) is 57.6 Å². The minimum absolute atomic E-state index is 0.133. The van der Waals surface area contributed by atoms with Gasteiger partial charge in [0.1, 0.15) is 0 Å². The number of aryl methyl sites for hydroxylation is 1. The van der Waals surface area contributed by atoms with Crippen molar-refractivity contribution in [3.8, 4) is 11.5 Å². The molecule has 2 N–H and O–H groups in total. The van der Waals surface area contributed by atoms with Gasteiger partial charge in [-0.05, 0) is 58.6 Å². The molecule has 2 aromatic carbocycles. The Bertz CT molecular complexity index is 628. The van der Waals surface area contributed by atoms with Crippen molar-refractivity contribution in [1.82, 2.24) is 5.32 Å². The van der Waals surface area contributed by atoms with Gasteiger partial charge in [0, 0.05) is 12.6 Å². The second-order valence-corrected chi connectivity index (χ2v) is 5.94. The van der Waals surface area contributed by atoms with Crippen LogP contribution >= 0.6 is 15.9 Å². The molecule has 4 heteroatoms. The van der Waals surface area contributed by atoms with Crippen LogP contribution < -0.4 is 10.1 Å². The van der Waals surface area contributed by atoms with Gasteiger partial charge in [0.05, 0.1) is 11.6 Å². The summed E-state index contributed by atoms with van der Waals surface area (Å²) in [6.45, 7) is 4.97. The maximum Gasteiger partial charge on any atom is 0.172 e. The van der Waals surface area contributed by atoms with E-state index in [0.29, 0.717) is 16.8 Å². The number of benzene rings is 2. The second kappa shape index (κ2) is 6.96. The van der Waals surface area contributed by atoms with Crippen molar-refractivity contribution in [2.45, 2.75) is 26.4 Å². The Balaban J connectivity index is 2.10. The average Bonchev–Trinajstić information content (AvgIpc) is 2.48. The number of halogens is 1. The third-order valence-corrected chi connectivity index (χ3v) is 4.18. The highest BCUT2D eigenvalue weighted by Crippen LogP contribution is 2.35. The third-order valence-electron chi connectivity index (χ3n) is 3.58. The Morgan fingerprint density at radius 3 is 2.67 bits per heavy atom. The van der Waals surface area contributed by atoms with E-state index >= 15 is 0 Å². The normalized spacial score (nSPS) is 12.2. The highest BCUT2D eigenvalue weighted by molar-refractivity contribution is 9.10. The summed E-state index contributed by atoms with van der Waals surface area (Å²) in [6, 6.07) is 12.4. The molecule has 0 saturated carbocycles. The van der Waals surface area contributed by atoms with Crippen molar-refractivity contribution in [1.29, 1.82) is 0 Å². The van der Waals surface area contributed by atoms with Crippen LogP contribution in [0.1, 0.15) is 29.7 Å². The fourth-order valence-electron chi connectivity index (χ4n) is 2.34. The molecule has 0 heterocycles. The molecule has 0 aliphatic rings. The summed E-state index contributed by atoms with van der Waals surface area (Å²) in [5, 5.41) is 13.3. The highest BCUT2D eigenvalue weighted by Gasteiger charge is 2.11. The van der Waals surface area contributed by atoms with Crippen LogP contribution in [0.15, 0.2) is 40.9 Å². The lowest BCUT2D eigenvalue weighted by Crippen LogP contribution is -2.18. The summed E-state index contributed by atoms with van der Waals surface area (Å²) >= 11 is 3.34. The van der Waals surface area contributed by atoms with Crippen LogP contribution in [0.5, 0.6) is 11.5 Å². The molecule has 112 valence electrons. The number of hydrogen-bond acceptors (Lipinski definition) is 3. The average molecular weight is 350 g/mol. The molecule has 0 spiro atoms. The molecule has 0 aliphatic heterocycles. The van der Waals surface area contributed by atoms with Gasteiger partial charge < -0.3 is 15.2 Å². The van der Waals surface area contributed by atoms with E-state index in [1.54, 1.807) is 7.11 Å². The third kappa shape index (κ3) is 3.77. The first kappa shape index (κ1) is 15.9. The lowest BCUT2D eigenvalue weighted by atomic mass is 10.0. The van der Waals surface area contributed by atoms with Crippen molar-refractivity contribution >= 4 is 15.9 Å². The van der Waals surface area contributed by atoms with E-state index in [4.69, 9.17) is 4.74 Å². The number of phenolic OH excluding ortho intramolecular Hbond substituents is 1. The largest absolute Gasteiger partial charge is 0.503 e. The Kier molecular flexibility index (Phi) is 5.26. The van der Waals surface area contributed by atoms with E-state index in [1.165, 1.54) is 11.1 Å². The zero-order chi connectivity index (χ0) is 15.4. The highest BCUT2D eigenvalue weighted by atomic mass is 79.9. The Labute approximate surface area is 134 Å². The molecule has 2 rings (SSSR count). The van der Waals surface area contributed by atoms with E-state index in [9.17, 15) is 5.11 Å². The summed E-state index contributed by atoms with van der Waals surface area (Å²) in [7, 11) is 1.55. The number of hydrogen-bond donors (Lipinski definition) is 2. The van der Waals surface area contributed by atoms with Gasteiger partial charge in [-0.2, -0.15) is 0 Å². The van der Waals surface area contributed by atoms with Gasteiger partial charge in [0.15, 0.2) is 11.5 Å². The summed E-state index contributed by atoms with van der Waals surface area (Å²) in [5.74, 6) is 0.609. The fourth-order valence-corrected chi connectivity index (χ4v) is 2.83. The predicted octanol–water partition coefficient (Wildman–Crippen LogP) is 4.32. The van der Waals surface area contributed by atoms with Crippen molar-refractivity contribution in [3.63, 3.8) is 0 Å². The Morgan fingerprint density at radius 2 is 2.00 bits per heavy atom. The van der Waals surface area contributed by atoms with Crippen LogP contribution in [0.25, 0.3) is 0 Å². The van der Waals surface area contributed by atoms with Crippen molar-refractivity contribution in [2.24, 2.45) is 0 Å². The molecular weight excluding hydrogens is 330 g/mol. The molecule has 2 aromatic rings. The van der Waals surface area contributed by atoms with Gasteiger partial charge >= 0.3 is 0 Å². The summed E-state index contributed by atoms with van der Waals surface area (Å²) in [6.07, 6.45) is 0. The molecule has 0 bridgehead atoms. The maximum absolute atomic E-state index is 9.82. The van der Waals surface area contributed by atoms with Crippen LogP contribution in [0.2, 0.25) is 0 Å². The summed E-state index contributed by atoms with van der Waals surface area (Å²) < 4.78 is 5.81. The van der Waals surface area contributed by atoms with Crippen LogP contribution in [-0.4, -0.2) is 12.2 Å². The van der Waals surface area contributed by atoms with E-state index in [1.807, 2.05) is 18.2 Å². The summed E-state index contributed by atoms with van der Waals surface area (Å²) in [4.78, 5) is 0. The molecule has 0 unspecified atom stereocenters.